The van der Waals surface area contributed by atoms with Gasteiger partial charge in [-0.3, -0.25) is 0 Å². The monoisotopic (exact) mass is 701 g/mol. The number of nitrogens with zero attached hydrogens (tertiary/aromatic N) is 1. The molecule has 0 aliphatic heterocycles. The second kappa shape index (κ2) is 11.6. The maximum absolute atomic E-state index is 6.71. The molecular formula is C52H31NO2. The zero-order valence-electron chi connectivity index (χ0n) is 29.7. The minimum absolute atomic E-state index is 0.847. The van der Waals surface area contributed by atoms with Gasteiger partial charge >= 0.3 is 0 Å². The van der Waals surface area contributed by atoms with Crippen LogP contribution in [0.1, 0.15) is 0 Å². The van der Waals surface area contributed by atoms with E-state index in [0.29, 0.717) is 0 Å². The lowest BCUT2D eigenvalue weighted by Gasteiger charge is -2.18. The third-order valence-corrected chi connectivity index (χ3v) is 11.4. The molecular weight excluding hydrogens is 671 g/mol. The van der Waals surface area contributed by atoms with E-state index < -0.39 is 0 Å². The molecule has 0 atom stereocenters. The van der Waals surface area contributed by atoms with Gasteiger partial charge < -0.3 is 13.4 Å². The Kier molecular flexibility index (Phi) is 6.34. The standard InChI is InChI=1S/C52H31NO2/c1-3-15-32(16-4-1)43-31-54-52-42(43)30-47-50(40-24-12-14-26-46(40)55-47)51(52)49-38-22-9-7-20-36(38)48(37-21-8-10-23-39(37)49)33-27-28-45-41(29-33)35-19-11-13-25-44(35)53(45)34-17-5-2-6-18-34/h1-31H. The minimum atomic E-state index is 0.847. The van der Waals surface area contributed by atoms with E-state index >= 15 is 0 Å². The maximum atomic E-state index is 6.71. The predicted octanol–water partition coefficient (Wildman–Crippen LogP) is 14.7. The van der Waals surface area contributed by atoms with E-state index in [2.05, 4.69) is 174 Å². The number of benzene rings is 9. The van der Waals surface area contributed by atoms with Crippen LogP contribution in [0.25, 0.3) is 115 Å². The fraction of sp³-hybridized carbons (Fsp3) is 0. The summed E-state index contributed by atoms with van der Waals surface area (Å²) in [7, 11) is 0. The van der Waals surface area contributed by atoms with Crippen molar-refractivity contribution in [1.82, 2.24) is 4.57 Å². The fourth-order valence-corrected chi connectivity index (χ4v) is 9.14. The first-order valence-electron chi connectivity index (χ1n) is 18.8. The molecule has 0 radical (unpaired) electrons. The molecule has 0 spiro atoms. The van der Waals surface area contributed by atoms with E-state index in [1.54, 1.807) is 0 Å². The molecule has 0 amide bonds. The highest BCUT2D eigenvalue weighted by Gasteiger charge is 2.26. The SMILES string of the molecule is c1ccc(-c2coc3c(-c4c5ccccc5c(-c5ccc6c(c5)c5ccccc5n6-c5ccccc5)c5ccccc45)c4c(cc23)oc2ccccc24)cc1. The summed E-state index contributed by atoms with van der Waals surface area (Å²) in [6.07, 6.45) is 1.91. The molecule has 12 rings (SSSR count). The van der Waals surface area contributed by atoms with Crippen LogP contribution < -0.4 is 0 Å². The third-order valence-electron chi connectivity index (χ3n) is 11.4. The van der Waals surface area contributed by atoms with Gasteiger partial charge in [0.15, 0.2) is 0 Å². The van der Waals surface area contributed by atoms with Gasteiger partial charge in [-0.25, -0.2) is 0 Å². The minimum Gasteiger partial charge on any atom is -0.463 e. The number of aromatic nitrogens is 1. The summed E-state index contributed by atoms with van der Waals surface area (Å²) in [4.78, 5) is 0. The number of fused-ring (bicyclic) bond motifs is 9. The molecule has 0 N–H and O–H groups in total. The molecule has 0 bridgehead atoms. The van der Waals surface area contributed by atoms with Gasteiger partial charge in [-0.05, 0) is 80.7 Å². The van der Waals surface area contributed by atoms with E-state index in [0.717, 1.165) is 60.8 Å². The molecule has 0 saturated carbocycles. The highest BCUT2D eigenvalue weighted by atomic mass is 16.3. The first-order valence-corrected chi connectivity index (χ1v) is 18.8. The van der Waals surface area contributed by atoms with Crippen molar-refractivity contribution < 1.29 is 8.83 Å². The Labute approximate surface area is 315 Å². The smallest absolute Gasteiger partial charge is 0.143 e. The van der Waals surface area contributed by atoms with Gasteiger partial charge in [0, 0.05) is 49.3 Å². The van der Waals surface area contributed by atoms with Crippen molar-refractivity contribution in [2.24, 2.45) is 0 Å². The second-order valence-electron chi connectivity index (χ2n) is 14.4. The summed E-state index contributed by atoms with van der Waals surface area (Å²) in [6, 6.07) is 65.1. The molecule has 0 fully saturated rings. The molecule has 3 aromatic heterocycles. The number of para-hydroxylation sites is 3. The molecule has 256 valence electrons. The Morgan fingerprint density at radius 3 is 1.67 bits per heavy atom. The summed E-state index contributed by atoms with van der Waals surface area (Å²) < 4.78 is 15.8. The Bertz CT molecular complexity index is 3420. The first-order chi connectivity index (χ1) is 27.3. The lowest BCUT2D eigenvalue weighted by molar-refractivity contribution is 0.618. The molecule has 9 aromatic carbocycles. The zero-order valence-corrected chi connectivity index (χ0v) is 29.7. The van der Waals surface area contributed by atoms with Crippen LogP contribution >= 0.6 is 0 Å². The molecule has 55 heavy (non-hydrogen) atoms. The molecule has 12 aromatic rings. The van der Waals surface area contributed by atoms with Crippen molar-refractivity contribution in [2.75, 3.05) is 0 Å². The van der Waals surface area contributed by atoms with Gasteiger partial charge in [0.1, 0.15) is 16.7 Å². The summed E-state index contributed by atoms with van der Waals surface area (Å²) in [5.74, 6) is 0. The second-order valence-corrected chi connectivity index (χ2v) is 14.4. The normalized spacial score (nSPS) is 12.0. The van der Waals surface area contributed by atoms with Crippen LogP contribution in [0.5, 0.6) is 0 Å². The average molecular weight is 702 g/mol. The largest absolute Gasteiger partial charge is 0.463 e. The molecule has 0 saturated heterocycles. The van der Waals surface area contributed by atoms with Gasteiger partial charge in [0.05, 0.1) is 17.3 Å². The molecule has 3 nitrogen and oxygen atoms in total. The van der Waals surface area contributed by atoms with E-state index in [-0.39, 0.29) is 0 Å². The Balaban J connectivity index is 1.21. The predicted molar refractivity (Wildman–Crippen MR) is 229 cm³/mol. The number of rotatable bonds is 4. The van der Waals surface area contributed by atoms with Crippen LogP contribution in [0.15, 0.2) is 197 Å². The number of hydrogen-bond donors (Lipinski definition) is 0. The van der Waals surface area contributed by atoms with Crippen molar-refractivity contribution in [3.63, 3.8) is 0 Å². The molecule has 0 aliphatic carbocycles. The van der Waals surface area contributed by atoms with Crippen molar-refractivity contribution in [3.8, 4) is 39.1 Å². The summed E-state index contributed by atoms with van der Waals surface area (Å²) >= 11 is 0. The molecule has 0 unspecified atom stereocenters. The Morgan fingerprint density at radius 1 is 0.364 bits per heavy atom. The zero-order chi connectivity index (χ0) is 36.0. The highest BCUT2D eigenvalue weighted by molar-refractivity contribution is 6.30. The van der Waals surface area contributed by atoms with E-state index in [9.17, 15) is 0 Å². The van der Waals surface area contributed by atoms with Crippen molar-refractivity contribution in [2.45, 2.75) is 0 Å². The maximum Gasteiger partial charge on any atom is 0.143 e. The fourth-order valence-electron chi connectivity index (χ4n) is 9.14. The van der Waals surface area contributed by atoms with Crippen molar-refractivity contribution in [3.05, 3.63) is 188 Å². The van der Waals surface area contributed by atoms with Crippen LogP contribution in [-0.2, 0) is 0 Å². The van der Waals surface area contributed by atoms with E-state index in [4.69, 9.17) is 8.83 Å². The van der Waals surface area contributed by atoms with E-state index in [1.807, 2.05) is 18.4 Å². The van der Waals surface area contributed by atoms with Gasteiger partial charge in [-0.2, -0.15) is 0 Å². The molecule has 3 heteroatoms. The summed E-state index contributed by atoms with van der Waals surface area (Å²) in [5, 5.41) is 10.4. The van der Waals surface area contributed by atoms with Gasteiger partial charge in [0.25, 0.3) is 0 Å². The van der Waals surface area contributed by atoms with Gasteiger partial charge in [0.2, 0.25) is 0 Å². The molecule has 3 heterocycles. The van der Waals surface area contributed by atoms with Crippen LogP contribution in [0.4, 0.5) is 0 Å². The average Bonchev–Trinajstić information content (AvgIpc) is 3.94. The lowest BCUT2D eigenvalue weighted by atomic mass is 9.84. The molecule has 0 aliphatic rings. The van der Waals surface area contributed by atoms with Crippen LogP contribution in [0.3, 0.4) is 0 Å². The van der Waals surface area contributed by atoms with Crippen LogP contribution in [0, 0.1) is 0 Å². The quantitative estimate of drug-likeness (QED) is 0.171. The topological polar surface area (TPSA) is 31.2 Å². The third kappa shape index (κ3) is 4.32. The first kappa shape index (κ1) is 30.1. The summed E-state index contributed by atoms with van der Waals surface area (Å²) in [6.45, 7) is 0. The highest BCUT2D eigenvalue weighted by Crippen LogP contribution is 2.51. The van der Waals surface area contributed by atoms with Crippen molar-refractivity contribution in [1.29, 1.82) is 0 Å². The van der Waals surface area contributed by atoms with Crippen molar-refractivity contribution >= 4 is 76.3 Å². The van der Waals surface area contributed by atoms with Crippen LogP contribution in [-0.4, -0.2) is 4.57 Å². The summed E-state index contributed by atoms with van der Waals surface area (Å²) in [5.41, 5.74) is 12.9. The Hall–Kier alpha value is -7.36. The Morgan fingerprint density at radius 2 is 0.945 bits per heavy atom. The van der Waals surface area contributed by atoms with Crippen LogP contribution in [0.2, 0.25) is 0 Å². The lowest BCUT2D eigenvalue weighted by Crippen LogP contribution is -1.93. The van der Waals surface area contributed by atoms with E-state index in [1.165, 1.54) is 54.5 Å². The number of hydrogen-bond acceptors (Lipinski definition) is 2. The number of furan rings is 2. The van der Waals surface area contributed by atoms with Gasteiger partial charge in [-0.1, -0.05) is 140 Å². The van der Waals surface area contributed by atoms with Gasteiger partial charge in [-0.15, -0.1) is 0 Å².